The van der Waals surface area contributed by atoms with Crippen molar-refractivity contribution in [2.45, 2.75) is 20.4 Å². The molecule has 0 amide bonds. The van der Waals surface area contributed by atoms with Gasteiger partial charge in [0.05, 0.1) is 19.3 Å². The third kappa shape index (κ3) is 4.49. The van der Waals surface area contributed by atoms with Crippen molar-refractivity contribution < 1.29 is 4.74 Å². The summed E-state index contributed by atoms with van der Waals surface area (Å²) in [5.74, 6) is 1.59. The zero-order valence-electron chi connectivity index (χ0n) is 13.5. The highest BCUT2D eigenvalue weighted by Crippen LogP contribution is 2.25. The van der Waals surface area contributed by atoms with E-state index in [1.807, 2.05) is 18.7 Å². The van der Waals surface area contributed by atoms with E-state index in [1.165, 1.54) is 0 Å². The molecule has 2 N–H and O–H groups in total. The molecular weight excluding hydrogens is 300 g/mol. The van der Waals surface area contributed by atoms with Crippen LogP contribution in [-0.4, -0.2) is 35.8 Å². The summed E-state index contributed by atoms with van der Waals surface area (Å²) in [5, 5.41) is 10.4. The SMILES string of the molecule is C=CCN(Cc1ncc(C)c(OC)c1C)/C(=C/C(=N)Cl)NC. The van der Waals surface area contributed by atoms with Crippen molar-refractivity contribution in [3.8, 4) is 5.75 Å². The fraction of sp³-hybridized carbons (Fsp3) is 0.375. The number of methoxy groups -OCH3 is 1. The minimum atomic E-state index is -0.0374. The Hall–Kier alpha value is -2.01. The second-order valence-electron chi connectivity index (χ2n) is 4.84. The van der Waals surface area contributed by atoms with Crippen LogP contribution in [0.5, 0.6) is 5.75 Å². The Labute approximate surface area is 137 Å². The zero-order chi connectivity index (χ0) is 16.7. The van der Waals surface area contributed by atoms with Gasteiger partial charge in [0.2, 0.25) is 0 Å². The summed E-state index contributed by atoms with van der Waals surface area (Å²) in [6.45, 7) is 8.91. The molecule has 0 aliphatic heterocycles. The second-order valence-corrected chi connectivity index (χ2v) is 5.25. The van der Waals surface area contributed by atoms with Crippen molar-refractivity contribution in [1.29, 1.82) is 5.41 Å². The largest absolute Gasteiger partial charge is 0.496 e. The Bertz CT molecular complexity index is 584. The lowest BCUT2D eigenvalue weighted by atomic mass is 10.1. The van der Waals surface area contributed by atoms with Gasteiger partial charge in [0.1, 0.15) is 16.7 Å². The Morgan fingerprint density at radius 1 is 1.55 bits per heavy atom. The van der Waals surface area contributed by atoms with Crippen molar-refractivity contribution in [1.82, 2.24) is 15.2 Å². The van der Waals surface area contributed by atoms with Crippen LogP contribution in [0, 0.1) is 19.3 Å². The number of nitrogens with one attached hydrogen (secondary N) is 2. The molecule has 22 heavy (non-hydrogen) atoms. The van der Waals surface area contributed by atoms with E-state index in [-0.39, 0.29) is 5.17 Å². The van der Waals surface area contributed by atoms with Gasteiger partial charge in [-0.15, -0.1) is 6.58 Å². The molecule has 0 spiro atoms. The number of aryl methyl sites for hydroxylation is 1. The van der Waals surface area contributed by atoms with Crippen LogP contribution in [0.2, 0.25) is 0 Å². The lowest BCUT2D eigenvalue weighted by Crippen LogP contribution is -2.31. The average molecular weight is 323 g/mol. The first-order chi connectivity index (χ1) is 10.4. The Balaban J connectivity index is 3.16. The smallest absolute Gasteiger partial charge is 0.128 e. The topological polar surface area (TPSA) is 61.2 Å². The van der Waals surface area contributed by atoms with Crippen LogP contribution in [0.3, 0.4) is 0 Å². The van der Waals surface area contributed by atoms with Gasteiger partial charge in [0, 0.05) is 37.0 Å². The van der Waals surface area contributed by atoms with Gasteiger partial charge in [0.25, 0.3) is 0 Å². The van der Waals surface area contributed by atoms with E-state index in [0.29, 0.717) is 13.1 Å². The molecule has 0 aromatic carbocycles. The van der Waals surface area contributed by atoms with E-state index in [4.69, 9.17) is 21.7 Å². The summed E-state index contributed by atoms with van der Waals surface area (Å²) in [4.78, 5) is 6.51. The first-order valence-corrected chi connectivity index (χ1v) is 7.30. The third-order valence-electron chi connectivity index (χ3n) is 3.30. The molecule has 0 saturated carbocycles. The number of aromatic nitrogens is 1. The molecule has 0 aliphatic carbocycles. The summed E-state index contributed by atoms with van der Waals surface area (Å²) in [7, 11) is 3.45. The van der Waals surface area contributed by atoms with E-state index < -0.39 is 0 Å². The fourth-order valence-electron chi connectivity index (χ4n) is 2.26. The average Bonchev–Trinajstić information content (AvgIpc) is 2.47. The maximum Gasteiger partial charge on any atom is 0.128 e. The fourth-order valence-corrected chi connectivity index (χ4v) is 2.36. The normalized spacial score (nSPS) is 11.0. The van der Waals surface area contributed by atoms with Gasteiger partial charge in [-0.1, -0.05) is 17.7 Å². The van der Waals surface area contributed by atoms with Crippen LogP contribution < -0.4 is 10.1 Å². The van der Waals surface area contributed by atoms with Crippen LogP contribution in [-0.2, 0) is 6.54 Å². The Morgan fingerprint density at radius 3 is 2.73 bits per heavy atom. The molecule has 0 fully saturated rings. The van der Waals surface area contributed by atoms with Gasteiger partial charge in [0.15, 0.2) is 0 Å². The number of pyridine rings is 1. The zero-order valence-corrected chi connectivity index (χ0v) is 14.3. The van der Waals surface area contributed by atoms with Gasteiger partial charge in [-0.25, -0.2) is 0 Å². The summed E-state index contributed by atoms with van der Waals surface area (Å²) < 4.78 is 5.45. The Morgan fingerprint density at radius 2 is 2.23 bits per heavy atom. The van der Waals surface area contributed by atoms with Crippen LogP contribution in [0.4, 0.5) is 0 Å². The number of hydrogen-bond donors (Lipinski definition) is 2. The maximum atomic E-state index is 7.43. The van der Waals surface area contributed by atoms with E-state index in [1.54, 1.807) is 32.5 Å². The predicted molar refractivity (Wildman–Crippen MR) is 91.6 cm³/mol. The highest BCUT2D eigenvalue weighted by Gasteiger charge is 2.14. The van der Waals surface area contributed by atoms with Gasteiger partial charge in [-0.3, -0.25) is 10.4 Å². The summed E-state index contributed by atoms with van der Waals surface area (Å²) in [5.41, 5.74) is 2.92. The quantitative estimate of drug-likeness (QED) is 0.570. The van der Waals surface area contributed by atoms with Crippen molar-refractivity contribution in [2.75, 3.05) is 20.7 Å². The third-order valence-corrected chi connectivity index (χ3v) is 3.41. The van der Waals surface area contributed by atoms with Crippen molar-refractivity contribution in [2.24, 2.45) is 0 Å². The molecule has 5 nitrogen and oxygen atoms in total. The molecule has 0 unspecified atom stereocenters. The first-order valence-electron chi connectivity index (χ1n) is 6.93. The van der Waals surface area contributed by atoms with Gasteiger partial charge in [-0.2, -0.15) is 0 Å². The highest BCUT2D eigenvalue weighted by atomic mass is 35.5. The maximum absolute atomic E-state index is 7.43. The van der Waals surface area contributed by atoms with Crippen LogP contribution in [0.25, 0.3) is 0 Å². The molecule has 1 aromatic rings. The molecule has 0 atom stereocenters. The van der Waals surface area contributed by atoms with E-state index >= 15 is 0 Å². The first kappa shape index (κ1) is 18.0. The minimum Gasteiger partial charge on any atom is -0.496 e. The van der Waals surface area contributed by atoms with Crippen LogP contribution >= 0.6 is 11.6 Å². The second kappa shape index (κ2) is 8.44. The predicted octanol–water partition coefficient (Wildman–Crippen LogP) is 2.97. The minimum absolute atomic E-state index is 0.0374. The van der Waals surface area contributed by atoms with E-state index in [0.717, 1.165) is 28.4 Å². The standard InChI is InChI=1S/C16H23ClN4O/c1-6-7-21(15(19-4)8-14(17)18)10-13-12(3)16(22-5)11(2)9-20-13/h6,8-9,18-19H,1,7,10H2,2-5H3/b15-8+,18-14?. The summed E-state index contributed by atoms with van der Waals surface area (Å²) in [6.07, 6.45) is 5.16. The molecule has 1 aromatic heterocycles. The molecule has 0 radical (unpaired) electrons. The number of halogens is 1. The van der Waals surface area contributed by atoms with Gasteiger partial charge >= 0.3 is 0 Å². The summed E-state index contributed by atoms with van der Waals surface area (Å²) in [6, 6.07) is 0. The molecule has 6 heteroatoms. The molecule has 0 saturated heterocycles. The van der Waals surface area contributed by atoms with Gasteiger partial charge < -0.3 is 15.0 Å². The lowest BCUT2D eigenvalue weighted by Gasteiger charge is -2.26. The molecule has 1 rings (SSSR count). The lowest BCUT2D eigenvalue weighted by molar-refractivity contribution is 0.343. The number of hydrogen-bond acceptors (Lipinski definition) is 5. The van der Waals surface area contributed by atoms with E-state index in [9.17, 15) is 0 Å². The number of allylic oxidation sites excluding steroid dienone is 1. The summed E-state index contributed by atoms with van der Waals surface area (Å²) >= 11 is 5.68. The van der Waals surface area contributed by atoms with Crippen molar-refractivity contribution in [3.63, 3.8) is 0 Å². The monoisotopic (exact) mass is 322 g/mol. The number of rotatable bonds is 8. The Kier molecular flexibility index (Phi) is 6.92. The molecule has 0 bridgehead atoms. The van der Waals surface area contributed by atoms with Crippen molar-refractivity contribution in [3.05, 3.63) is 47.6 Å². The highest BCUT2D eigenvalue weighted by molar-refractivity contribution is 6.67. The molecule has 0 aliphatic rings. The molecular formula is C16H23ClN4O. The number of nitrogens with zero attached hydrogens (tertiary/aromatic N) is 2. The number of ether oxygens (including phenoxy) is 1. The van der Waals surface area contributed by atoms with Crippen LogP contribution in [0.1, 0.15) is 16.8 Å². The van der Waals surface area contributed by atoms with Crippen LogP contribution in [0.15, 0.2) is 30.7 Å². The van der Waals surface area contributed by atoms with Gasteiger partial charge in [-0.05, 0) is 13.8 Å². The molecule has 120 valence electrons. The van der Waals surface area contributed by atoms with E-state index in [2.05, 4.69) is 16.9 Å². The molecule has 1 heterocycles. The van der Waals surface area contributed by atoms with Crippen molar-refractivity contribution >= 4 is 16.8 Å².